The van der Waals surface area contributed by atoms with Gasteiger partial charge in [0.25, 0.3) is 0 Å². The second kappa shape index (κ2) is 6.07. The molecular formula is C16H16ClFO. The second-order valence-corrected chi connectivity index (χ2v) is 4.96. The number of halogens is 2. The number of ether oxygens (including phenoxy) is 1. The minimum Gasteiger partial charge on any atom is -0.454 e. The van der Waals surface area contributed by atoms with Gasteiger partial charge in [-0.25, -0.2) is 4.39 Å². The number of benzene rings is 2. The summed E-state index contributed by atoms with van der Waals surface area (Å²) in [6.45, 7) is 4.21. The average Bonchev–Trinajstić information content (AvgIpc) is 2.41. The highest BCUT2D eigenvalue weighted by Gasteiger charge is 2.11. The molecule has 0 fully saturated rings. The first kappa shape index (κ1) is 13.9. The molecule has 3 heteroatoms. The van der Waals surface area contributed by atoms with E-state index in [9.17, 15) is 4.39 Å². The quantitative estimate of drug-likeness (QED) is 0.673. The Balaban J connectivity index is 2.33. The molecule has 2 aromatic rings. The summed E-state index contributed by atoms with van der Waals surface area (Å²) in [4.78, 5) is 0. The Morgan fingerprint density at radius 1 is 1.16 bits per heavy atom. The van der Waals surface area contributed by atoms with Gasteiger partial charge < -0.3 is 4.74 Å². The summed E-state index contributed by atoms with van der Waals surface area (Å²) in [5.74, 6) is 1.06. The standard InChI is InChI=1S/C16H16ClFO/c1-11(2)12-5-3-7-14(9-12)19-16-13(10-17)6-4-8-15(16)18/h3-9,11H,10H2,1-2H3. The van der Waals surface area contributed by atoms with Crippen LogP contribution in [0.15, 0.2) is 42.5 Å². The summed E-state index contributed by atoms with van der Waals surface area (Å²) < 4.78 is 19.5. The Kier molecular flexibility index (Phi) is 4.43. The van der Waals surface area contributed by atoms with Crippen LogP contribution < -0.4 is 4.74 Å². The molecule has 0 aliphatic heterocycles. The van der Waals surface area contributed by atoms with E-state index < -0.39 is 5.82 Å². The van der Waals surface area contributed by atoms with Gasteiger partial charge in [0.15, 0.2) is 11.6 Å². The van der Waals surface area contributed by atoms with Crippen LogP contribution in [0.3, 0.4) is 0 Å². The summed E-state index contributed by atoms with van der Waals surface area (Å²) in [5, 5.41) is 0. The van der Waals surface area contributed by atoms with Crippen molar-refractivity contribution < 1.29 is 9.13 Å². The molecule has 0 spiro atoms. The molecular weight excluding hydrogens is 263 g/mol. The van der Waals surface area contributed by atoms with Crippen molar-refractivity contribution in [1.82, 2.24) is 0 Å². The highest BCUT2D eigenvalue weighted by Crippen LogP contribution is 2.30. The molecule has 0 aliphatic carbocycles. The SMILES string of the molecule is CC(C)c1cccc(Oc2c(F)cccc2CCl)c1. The summed E-state index contributed by atoms with van der Waals surface area (Å²) in [6, 6.07) is 12.4. The number of hydrogen-bond acceptors (Lipinski definition) is 1. The fraction of sp³-hybridized carbons (Fsp3) is 0.250. The predicted octanol–water partition coefficient (Wildman–Crippen LogP) is 5.48. The van der Waals surface area contributed by atoms with Gasteiger partial charge in [-0.15, -0.1) is 11.6 Å². The first-order valence-electron chi connectivity index (χ1n) is 6.23. The Labute approximate surface area is 118 Å². The fourth-order valence-corrected chi connectivity index (χ4v) is 2.04. The Bertz CT molecular complexity index is 566. The van der Waals surface area contributed by atoms with E-state index in [1.165, 1.54) is 6.07 Å². The molecule has 2 rings (SSSR count). The van der Waals surface area contributed by atoms with Crippen molar-refractivity contribution in [3.63, 3.8) is 0 Å². The highest BCUT2D eigenvalue weighted by molar-refractivity contribution is 6.17. The molecule has 2 aromatic carbocycles. The molecule has 0 amide bonds. The minimum absolute atomic E-state index is 0.207. The van der Waals surface area contributed by atoms with E-state index in [4.69, 9.17) is 16.3 Å². The van der Waals surface area contributed by atoms with Crippen LogP contribution in [0.2, 0.25) is 0 Å². The van der Waals surface area contributed by atoms with Crippen molar-refractivity contribution in [3.8, 4) is 11.5 Å². The van der Waals surface area contributed by atoms with Crippen LogP contribution in [0.1, 0.15) is 30.9 Å². The molecule has 0 aromatic heterocycles. The summed E-state index contributed by atoms with van der Waals surface area (Å²) in [5.41, 5.74) is 1.80. The third kappa shape index (κ3) is 3.27. The number of hydrogen-bond donors (Lipinski definition) is 0. The maximum absolute atomic E-state index is 13.8. The molecule has 0 atom stereocenters. The van der Waals surface area contributed by atoms with Gasteiger partial charge in [0.1, 0.15) is 5.75 Å². The lowest BCUT2D eigenvalue weighted by atomic mass is 10.0. The molecule has 0 heterocycles. The van der Waals surface area contributed by atoms with Crippen LogP contribution in [-0.2, 0) is 5.88 Å². The van der Waals surface area contributed by atoms with Crippen molar-refractivity contribution in [2.24, 2.45) is 0 Å². The van der Waals surface area contributed by atoms with E-state index >= 15 is 0 Å². The van der Waals surface area contributed by atoms with E-state index in [-0.39, 0.29) is 11.6 Å². The number of rotatable bonds is 4. The molecule has 19 heavy (non-hydrogen) atoms. The lowest BCUT2D eigenvalue weighted by Crippen LogP contribution is -1.94. The summed E-state index contributed by atoms with van der Waals surface area (Å²) in [6.07, 6.45) is 0. The zero-order valence-electron chi connectivity index (χ0n) is 11.0. The van der Waals surface area contributed by atoms with Gasteiger partial charge >= 0.3 is 0 Å². The van der Waals surface area contributed by atoms with Crippen LogP contribution in [0, 0.1) is 5.82 Å². The van der Waals surface area contributed by atoms with Crippen LogP contribution in [0.25, 0.3) is 0 Å². The molecule has 0 radical (unpaired) electrons. The van der Waals surface area contributed by atoms with E-state index in [0.717, 1.165) is 5.56 Å². The molecule has 100 valence electrons. The van der Waals surface area contributed by atoms with E-state index in [1.54, 1.807) is 12.1 Å². The lowest BCUT2D eigenvalue weighted by molar-refractivity contribution is 0.437. The third-order valence-corrected chi connectivity index (χ3v) is 3.23. The predicted molar refractivity (Wildman–Crippen MR) is 76.6 cm³/mol. The van der Waals surface area contributed by atoms with Gasteiger partial charge in [0, 0.05) is 5.56 Å². The van der Waals surface area contributed by atoms with E-state index in [0.29, 0.717) is 17.2 Å². The molecule has 1 nitrogen and oxygen atoms in total. The second-order valence-electron chi connectivity index (χ2n) is 4.69. The molecule has 0 aliphatic rings. The topological polar surface area (TPSA) is 9.23 Å². The first-order valence-corrected chi connectivity index (χ1v) is 6.76. The van der Waals surface area contributed by atoms with Crippen molar-refractivity contribution >= 4 is 11.6 Å². The van der Waals surface area contributed by atoms with Crippen molar-refractivity contribution in [3.05, 3.63) is 59.4 Å². The number of para-hydroxylation sites is 1. The fourth-order valence-electron chi connectivity index (χ4n) is 1.83. The Morgan fingerprint density at radius 3 is 2.58 bits per heavy atom. The summed E-state index contributed by atoms with van der Waals surface area (Å²) >= 11 is 5.81. The van der Waals surface area contributed by atoms with Gasteiger partial charge in [-0.3, -0.25) is 0 Å². The molecule has 0 unspecified atom stereocenters. The zero-order valence-corrected chi connectivity index (χ0v) is 11.7. The Hall–Kier alpha value is -1.54. The molecule has 0 saturated carbocycles. The van der Waals surface area contributed by atoms with E-state index in [2.05, 4.69) is 13.8 Å². The third-order valence-electron chi connectivity index (χ3n) is 2.94. The largest absolute Gasteiger partial charge is 0.454 e. The molecule has 0 saturated heterocycles. The van der Waals surface area contributed by atoms with Gasteiger partial charge in [-0.1, -0.05) is 38.1 Å². The van der Waals surface area contributed by atoms with Crippen LogP contribution >= 0.6 is 11.6 Å². The van der Waals surface area contributed by atoms with Crippen LogP contribution in [0.4, 0.5) is 4.39 Å². The average molecular weight is 279 g/mol. The van der Waals surface area contributed by atoms with Gasteiger partial charge in [-0.05, 0) is 29.7 Å². The maximum atomic E-state index is 13.8. The minimum atomic E-state index is -0.395. The van der Waals surface area contributed by atoms with Gasteiger partial charge in [-0.2, -0.15) is 0 Å². The van der Waals surface area contributed by atoms with Crippen LogP contribution in [0.5, 0.6) is 11.5 Å². The maximum Gasteiger partial charge on any atom is 0.167 e. The number of alkyl halides is 1. The molecule has 0 bridgehead atoms. The smallest absolute Gasteiger partial charge is 0.167 e. The first-order chi connectivity index (χ1) is 9.11. The Morgan fingerprint density at radius 2 is 1.89 bits per heavy atom. The van der Waals surface area contributed by atoms with Gasteiger partial charge in [0.05, 0.1) is 5.88 Å². The normalized spacial score (nSPS) is 10.8. The van der Waals surface area contributed by atoms with Crippen molar-refractivity contribution in [2.75, 3.05) is 0 Å². The van der Waals surface area contributed by atoms with Crippen molar-refractivity contribution in [1.29, 1.82) is 0 Å². The highest BCUT2D eigenvalue weighted by atomic mass is 35.5. The monoisotopic (exact) mass is 278 g/mol. The van der Waals surface area contributed by atoms with Crippen molar-refractivity contribution in [2.45, 2.75) is 25.6 Å². The zero-order chi connectivity index (χ0) is 13.8. The lowest BCUT2D eigenvalue weighted by Gasteiger charge is -2.12. The van der Waals surface area contributed by atoms with Gasteiger partial charge in [0.2, 0.25) is 0 Å². The van der Waals surface area contributed by atoms with Crippen LogP contribution in [-0.4, -0.2) is 0 Å². The van der Waals surface area contributed by atoms with E-state index in [1.807, 2.05) is 24.3 Å². The molecule has 0 N–H and O–H groups in total. The summed E-state index contributed by atoms with van der Waals surface area (Å²) in [7, 11) is 0.